The van der Waals surface area contributed by atoms with Gasteiger partial charge in [-0.2, -0.15) is 15.8 Å². The van der Waals surface area contributed by atoms with Gasteiger partial charge in [0.2, 0.25) is 17.7 Å². The lowest BCUT2D eigenvalue weighted by molar-refractivity contribution is -0.127. The van der Waals surface area contributed by atoms with Crippen LogP contribution in [0.1, 0.15) is 110 Å². The minimum Gasteiger partial charge on any atom is -0.395 e. The number of nitrogens with two attached hydrogens (primary N) is 3. The Morgan fingerprint density at radius 3 is 0.881 bits per heavy atom. The third-order valence-corrected chi connectivity index (χ3v) is 25.7. The van der Waals surface area contributed by atoms with E-state index in [1.54, 1.807) is 87.0 Å². The molecule has 6 N–H and O–H groups in total. The van der Waals surface area contributed by atoms with E-state index in [9.17, 15) is 66.5 Å². The number of fused-ring (bicyclic) bond motifs is 3. The van der Waals surface area contributed by atoms with Crippen LogP contribution in [0, 0.1) is 101 Å². The Hall–Kier alpha value is -13.4. The Kier molecular flexibility index (Phi) is 29.1. The SMILES string of the molecule is C=CC(=O)N1CCN(c2c(C#N)c(=O)n(-c3c(C)ccnc3C(C)C)c3nc(-c4c(F)c(F)c(F)c(N)c4Cl)c(Cl)cc23)CC1.C=CC(=O)N1CCN(c2c(C#N)c(=O)n(-c3c(C)ccnc3C(C)C)c3nc(-c4c(F)c(F)c(F)c(N)c4Cl)c(Cl)cc23)CC1.C=CC(=O)N1CCN(c2c(C#N)c(=O)n(-c3c(C)ccnc3C(C)C)c3nc(-c4c(F)c(N)c(F)c(Cl)c4Cl)c(Cl)cc23)CC1. The highest BCUT2D eigenvalue weighted by Gasteiger charge is 2.38. The second kappa shape index (κ2) is 39.6. The maximum absolute atomic E-state index is 15.6. The summed E-state index contributed by atoms with van der Waals surface area (Å²) in [5.41, 5.74) is 13.6. The summed E-state index contributed by atoms with van der Waals surface area (Å²) in [6.07, 6.45) is 8.41. The molecular formula is C93H78Cl7F8N21O6. The third kappa shape index (κ3) is 17.6. The number of hydrogen-bond acceptors (Lipinski definition) is 21. The summed E-state index contributed by atoms with van der Waals surface area (Å²) >= 11 is 44.9. The van der Waals surface area contributed by atoms with Gasteiger partial charge in [-0.25, -0.2) is 50.1 Å². The molecule has 0 aliphatic carbocycles. The van der Waals surface area contributed by atoms with Crippen molar-refractivity contribution in [2.24, 2.45) is 0 Å². The molecule has 696 valence electrons. The number of piperazine rings is 3. The van der Waals surface area contributed by atoms with Gasteiger partial charge in [-0.1, -0.05) is 142 Å². The number of anilines is 6. The quantitative estimate of drug-likeness (QED) is 0.0282. The van der Waals surface area contributed by atoms with Crippen molar-refractivity contribution >= 4 is 166 Å². The summed E-state index contributed by atoms with van der Waals surface area (Å²) in [6, 6.07) is 15.4. The van der Waals surface area contributed by atoms with Gasteiger partial charge < -0.3 is 46.6 Å². The van der Waals surface area contributed by atoms with Crippen molar-refractivity contribution in [1.82, 2.24) is 58.3 Å². The fourth-order valence-corrected chi connectivity index (χ4v) is 18.2. The van der Waals surface area contributed by atoms with Crippen LogP contribution in [-0.2, 0) is 14.4 Å². The lowest BCUT2D eigenvalue weighted by atomic mass is 10.0. The van der Waals surface area contributed by atoms with Gasteiger partial charge in [-0.3, -0.25) is 57.4 Å². The van der Waals surface area contributed by atoms with E-state index in [1.807, 2.05) is 53.7 Å². The number of benzene rings is 3. The van der Waals surface area contributed by atoms with Crippen LogP contribution in [0.4, 0.5) is 69.2 Å². The van der Waals surface area contributed by atoms with Crippen LogP contribution >= 0.6 is 81.2 Å². The Labute approximate surface area is 800 Å². The van der Waals surface area contributed by atoms with E-state index in [1.165, 1.54) is 50.1 Å². The molecule has 0 bridgehead atoms. The number of rotatable bonds is 15. The summed E-state index contributed by atoms with van der Waals surface area (Å²) in [5, 5.41) is 28.8. The number of nitriles is 3. The first-order valence-corrected chi connectivity index (χ1v) is 43.9. The van der Waals surface area contributed by atoms with Crippen molar-refractivity contribution in [3.8, 4) is 69.0 Å². The number of aryl methyl sites for hydroxylation is 3. The molecule has 42 heteroatoms. The minimum absolute atomic E-state index is 0.00508. The van der Waals surface area contributed by atoms with Crippen molar-refractivity contribution in [3.63, 3.8) is 0 Å². The lowest BCUT2D eigenvalue weighted by Crippen LogP contribution is -2.49. The molecule has 0 unspecified atom stereocenters. The molecule has 0 spiro atoms. The highest BCUT2D eigenvalue weighted by atomic mass is 35.5. The number of amides is 3. The monoisotopic (exact) mass is 1980 g/mol. The first kappa shape index (κ1) is 99.0. The first-order valence-electron chi connectivity index (χ1n) is 41.3. The molecule has 12 aromatic rings. The summed E-state index contributed by atoms with van der Waals surface area (Å²) in [6.45, 7) is 30.4. The van der Waals surface area contributed by atoms with Gasteiger partial charge in [-0.15, -0.1) is 0 Å². The number of nitrogens with zero attached hydrogens (tertiary/aromatic N) is 18. The predicted octanol–water partition coefficient (Wildman–Crippen LogP) is 18.2. The second-order valence-corrected chi connectivity index (χ2v) is 35.0. The Balaban J connectivity index is 0.000000171. The summed E-state index contributed by atoms with van der Waals surface area (Å²) < 4.78 is 122. The molecule has 3 aromatic carbocycles. The third-order valence-electron chi connectivity index (χ3n) is 23.2. The number of hydrogen-bond donors (Lipinski definition) is 3. The van der Waals surface area contributed by atoms with Crippen LogP contribution in [0.2, 0.25) is 35.2 Å². The number of aromatic nitrogens is 9. The highest BCUT2D eigenvalue weighted by molar-refractivity contribution is 6.45. The van der Waals surface area contributed by atoms with Crippen LogP contribution in [0.5, 0.6) is 0 Å². The summed E-state index contributed by atoms with van der Waals surface area (Å²) in [7, 11) is 0. The van der Waals surface area contributed by atoms with Crippen LogP contribution < -0.4 is 48.6 Å². The smallest absolute Gasteiger partial charge is 0.276 e. The Morgan fingerprint density at radius 2 is 0.637 bits per heavy atom. The normalized spacial score (nSPS) is 13.4. The summed E-state index contributed by atoms with van der Waals surface area (Å²) in [5.74, 6) is -14.2. The minimum atomic E-state index is -1.88. The van der Waals surface area contributed by atoms with E-state index in [-0.39, 0.29) is 183 Å². The van der Waals surface area contributed by atoms with Crippen LogP contribution in [0.3, 0.4) is 0 Å². The molecular weight excluding hydrogens is 1910 g/mol. The van der Waals surface area contributed by atoms with Crippen molar-refractivity contribution in [1.29, 1.82) is 15.8 Å². The van der Waals surface area contributed by atoms with Crippen molar-refractivity contribution in [2.75, 3.05) is 110 Å². The average molecular weight is 1990 g/mol. The molecule has 3 fully saturated rings. The van der Waals surface area contributed by atoms with Crippen LogP contribution in [0.25, 0.3) is 83.9 Å². The largest absolute Gasteiger partial charge is 0.395 e. The van der Waals surface area contributed by atoms with Crippen molar-refractivity contribution in [3.05, 3.63) is 256 Å². The fraction of sp³-hybridized carbons (Fsp3) is 0.258. The average Bonchev–Trinajstić information content (AvgIpc) is 0.728. The molecule has 9 aromatic heterocycles. The maximum atomic E-state index is 15.6. The van der Waals surface area contributed by atoms with E-state index in [0.717, 1.165) is 0 Å². The molecule has 15 rings (SSSR count). The van der Waals surface area contributed by atoms with Gasteiger partial charge in [0.05, 0.1) is 132 Å². The topological polar surface area (TPSA) is 363 Å². The standard InChI is InChI=1S/C31H26Cl3F2N7O2.2C31H26Cl2F3N7O2/c1-5-19(44)41-8-10-42(11-9-41)29-16-12-18(32)27(20-21(33)22(34)24(36)25(38)23(20)35)40-30(16)43(31(45)17(29)13-37)28-15(4)6-7-39-26(28)14(2)3;2*1-5-19(44)41-8-10-42(11-9-41)29-16-12-18(32)27(20-21(33)25(38)24(36)23(35)22(20)34)40-30(16)43(31(45)17(29)13-37)28-15(4)6-7-39-26(28)14(2)3/h3*5-7,12,14H,1,8-11,38H2,2-4H3. The Morgan fingerprint density at radius 1 is 0.378 bits per heavy atom. The molecule has 3 amide bonds. The number of halogens is 15. The van der Waals surface area contributed by atoms with Crippen molar-refractivity contribution < 1.29 is 49.5 Å². The van der Waals surface area contributed by atoms with E-state index in [2.05, 4.69) is 55.7 Å². The molecule has 0 atom stereocenters. The molecule has 3 aliphatic heterocycles. The number of carbonyl (C=O) groups excluding carboxylic acids is 3. The molecule has 27 nitrogen and oxygen atoms in total. The van der Waals surface area contributed by atoms with Crippen LogP contribution in [0.15, 0.2) is 107 Å². The fourth-order valence-electron chi connectivity index (χ4n) is 16.5. The van der Waals surface area contributed by atoms with Gasteiger partial charge in [0, 0.05) is 113 Å². The predicted molar refractivity (Wildman–Crippen MR) is 507 cm³/mol. The van der Waals surface area contributed by atoms with Crippen LogP contribution in [-0.4, -0.2) is 155 Å². The highest BCUT2D eigenvalue weighted by Crippen LogP contribution is 2.49. The summed E-state index contributed by atoms with van der Waals surface area (Å²) in [4.78, 5) is 117. The molecule has 3 aliphatic rings. The van der Waals surface area contributed by atoms with Gasteiger partial charge >= 0.3 is 0 Å². The molecule has 0 saturated carbocycles. The van der Waals surface area contributed by atoms with E-state index >= 15 is 13.2 Å². The van der Waals surface area contributed by atoms with E-state index in [0.29, 0.717) is 69.3 Å². The van der Waals surface area contributed by atoms with Gasteiger partial charge in [-0.05, 0) is 110 Å². The number of pyridine rings is 9. The first-order chi connectivity index (χ1) is 64.0. The zero-order valence-corrected chi connectivity index (χ0v) is 78.5. The van der Waals surface area contributed by atoms with Crippen molar-refractivity contribution in [2.45, 2.75) is 80.1 Å². The molecule has 135 heavy (non-hydrogen) atoms. The lowest BCUT2D eigenvalue weighted by Gasteiger charge is -2.36. The zero-order valence-electron chi connectivity index (χ0n) is 73.2. The molecule has 12 heterocycles. The molecule has 0 radical (unpaired) electrons. The Bertz CT molecular complexity index is 6650. The molecule has 3 saturated heterocycles. The number of nitrogen functional groups attached to an aromatic ring is 3. The van der Waals surface area contributed by atoms with Gasteiger partial charge in [0.25, 0.3) is 16.7 Å². The van der Waals surface area contributed by atoms with E-state index < -0.39 is 128 Å². The van der Waals surface area contributed by atoms with Gasteiger partial charge in [0.15, 0.2) is 46.5 Å². The van der Waals surface area contributed by atoms with E-state index in [4.69, 9.17) is 98.4 Å². The van der Waals surface area contributed by atoms with Gasteiger partial charge in [0.1, 0.15) is 57.5 Å². The number of carbonyl (C=O) groups is 3. The maximum Gasteiger partial charge on any atom is 0.276 e. The second-order valence-electron chi connectivity index (χ2n) is 32.2. The zero-order chi connectivity index (χ0) is 98.7.